The minimum atomic E-state index is -3.70. The Morgan fingerprint density at radius 1 is 1.03 bits per heavy atom. The van der Waals surface area contributed by atoms with Crippen molar-refractivity contribution in [2.45, 2.75) is 51.2 Å². The predicted octanol–water partition coefficient (Wildman–Crippen LogP) is 6.55. The number of nitrogens with zero attached hydrogens (tertiary/aromatic N) is 3. The van der Waals surface area contributed by atoms with Crippen LogP contribution in [0.3, 0.4) is 0 Å². The normalized spacial score (nSPS) is 15.3. The Morgan fingerprint density at radius 2 is 1.72 bits per heavy atom. The first kappa shape index (κ1) is 29.0. The summed E-state index contributed by atoms with van der Waals surface area (Å²) in [6, 6.07) is 7.19. The molecule has 39 heavy (non-hydrogen) atoms. The Morgan fingerprint density at radius 3 is 2.38 bits per heavy atom. The summed E-state index contributed by atoms with van der Waals surface area (Å²) in [4.78, 5) is 10.8. The molecule has 1 fully saturated rings. The SMILES string of the molecule is Cc1cnc(Nc2cc(F)c(C3CCN(C)CC3)cc2F)nc1Nc1ccc(Cl)c(NS(=O)(=O)C(C)(C)C)c1. The van der Waals surface area contributed by atoms with Gasteiger partial charge in [-0.15, -0.1) is 0 Å². The van der Waals surface area contributed by atoms with E-state index in [1.165, 1.54) is 12.3 Å². The lowest BCUT2D eigenvalue weighted by atomic mass is 9.89. The number of hydrogen-bond donors (Lipinski definition) is 3. The number of sulfonamides is 1. The fraction of sp³-hybridized carbons (Fsp3) is 0.407. The second-order valence-corrected chi connectivity index (χ2v) is 13.7. The minimum absolute atomic E-state index is 0.0201. The van der Waals surface area contributed by atoms with Gasteiger partial charge in [0.2, 0.25) is 16.0 Å². The first-order valence-corrected chi connectivity index (χ1v) is 14.5. The van der Waals surface area contributed by atoms with Crippen LogP contribution < -0.4 is 15.4 Å². The standard InChI is InChI=1S/C27H33ClF2N6O2S/c1-16-15-31-26(33-24-14-21(29)19(13-22(24)30)17-8-10-36(5)11-9-17)34-25(16)32-18-6-7-20(28)23(12-18)35-39(37,38)27(2,3)4/h6-7,12-15,17,35H,8-11H2,1-5H3,(H2,31,32,33,34). The van der Waals surface area contributed by atoms with E-state index < -0.39 is 26.4 Å². The number of nitrogens with one attached hydrogen (secondary N) is 3. The topological polar surface area (TPSA) is 99.2 Å². The Hall–Kier alpha value is -3.02. The summed E-state index contributed by atoms with van der Waals surface area (Å²) < 4.78 is 56.7. The van der Waals surface area contributed by atoms with E-state index in [2.05, 4.69) is 30.2 Å². The van der Waals surface area contributed by atoms with Crippen molar-refractivity contribution in [2.75, 3.05) is 35.5 Å². The summed E-state index contributed by atoms with van der Waals surface area (Å²) >= 11 is 6.24. The van der Waals surface area contributed by atoms with Crippen LogP contribution in [0.1, 0.15) is 50.7 Å². The fourth-order valence-electron chi connectivity index (χ4n) is 4.16. The maximum absolute atomic E-state index is 15.0. The number of rotatable bonds is 7. The van der Waals surface area contributed by atoms with Crippen molar-refractivity contribution < 1.29 is 17.2 Å². The number of hydrogen-bond acceptors (Lipinski definition) is 7. The van der Waals surface area contributed by atoms with Gasteiger partial charge in [-0.1, -0.05) is 11.6 Å². The predicted molar refractivity (Wildman–Crippen MR) is 153 cm³/mol. The van der Waals surface area contributed by atoms with Crippen LogP contribution in [0.2, 0.25) is 5.02 Å². The monoisotopic (exact) mass is 578 g/mol. The molecule has 1 aromatic heterocycles. The van der Waals surface area contributed by atoms with Gasteiger partial charge < -0.3 is 15.5 Å². The number of anilines is 5. The van der Waals surface area contributed by atoms with Crippen LogP contribution >= 0.6 is 11.6 Å². The van der Waals surface area contributed by atoms with Gasteiger partial charge in [0.15, 0.2) is 0 Å². The van der Waals surface area contributed by atoms with Gasteiger partial charge in [0.1, 0.15) is 17.5 Å². The highest BCUT2D eigenvalue weighted by atomic mass is 35.5. The third kappa shape index (κ3) is 6.77. The number of piperidine rings is 1. The zero-order valence-corrected chi connectivity index (χ0v) is 24.1. The van der Waals surface area contributed by atoms with E-state index in [9.17, 15) is 17.2 Å². The molecule has 0 spiro atoms. The van der Waals surface area contributed by atoms with Crippen LogP contribution in [-0.4, -0.2) is 48.2 Å². The third-order valence-corrected chi connectivity index (χ3v) is 9.17. The van der Waals surface area contributed by atoms with Crippen molar-refractivity contribution in [2.24, 2.45) is 0 Å². The molecule has 3 N–H and O–H groups in total. The molecule has 0 bridgehead atoms. The summed E-state index contributed by atoms with van der Waals surface area (Å²) in [5.74, 6) is -0.615. The molecule has 0 amide bonds. The molecule has 0 unspecified atom stereocenters. The molecule has 0 aliphatic carbocycles. The smallest absolute Gasteiger partial charge is 0.237 e. The van der Waals surface area contributed by atoms with Gasteiger partial charge in [-0.25, -0.2) is 22.2 Å². The molecule has 0 atom stereocenters. The first-order chi connectivity index (χ1) is 18.2. The summed E-state index contributed by atoms with van der Waals surface area (Å²) in [5, 5.41) is 6.12. The van der Waals surface area contributed by atoms with Crippen molar-refractivity contribution >= 4 is 50.5 Å². The van der Waals surface area contributed by atoms with Gasteiger partial charge in [-0.2, -0.15) is 4.98 Å². The van der Waals surface area contributed by atoms with E-state index in [4.69, 9.17) is 11.6 Å². The van der Waals surface area contributed by atoms with Gasteiger partial charge in [-0.05, 0) is 96.4 Å². The van der Waals surface area contributed by atoms with Crippen LogP contribution in [0.15, 0.2) is 36.5 Å². The molecule has 3 aromatic rings. The van der Waals surface area contributed by atoms with Crippen LogP contribution in [0.5, 0.6) is 0 Å². The molecule has 2 heterocycles. The number of halogens is 3. The van der Waals surface area contributed by atoms with Gasteiger partial charge in [0.25, 0.3) is 0 Å². The van der Waals surface area contributed by atoms with Gasteiger partial charge in [0, 0.05) is 23.5 Å². The van der Waals surface area contributed by atoms with E-state index in [-0.39, 0.29) is 28.3 Å². The molecule has 4 rings (SSSR count). The van der Waals surface area contributed by atoms with E-state index in [0.29, 0.717) is 22.6 Å². The Labute approximate surface area is 233 Å². The van der Waals surface area contributed by atoms with E-state index in [1.807, 2.05) is 7.05 Å². The van der Waals surface area contributed by atoms with E-state index >= 15 is 0 Å². The second-order valence-electron chi connectivity index (χ2n) is 10.8. The van der Waals surface area contributed by atoms with Gasteiger partial charge >= 0.3 is 0 Å². The molecule has 0 radical (unpaired) electrons. The number of aryl methyl sites for hydroxylation is 1. The molecule has 0 saturated carbocycles. The van der Waals surface area contributed by atoms with Crippen LogP contribution in [0.4, 0.5) is 37.6 Å². The fourth-order valence-corrected chi connectivity index (χ4v) is 5.14. The Kier molecular flexibility index (Phi) is 8.34. The molecule has 12 heteroatoms. The number of likely N-dealkylation sites (tertiary alicyclic amines) is 1. The van der Waals surface area contributed by atoms with Gasteiger partial charge in [-0.3, -0.25) is 4.72 Å². The van der Waals surface area contributed by atoms with Crippen LogP contribution in [0.25, 0.3) is 0 Å². The maximum Gasteiger partial charge on any atom is 0.237 e. The van der Waals surface area contributed by atoms with Crippen molar-refractivity contribution in [3.05, 3.63) is 64.3 Å². The number of benzene rings is 2. The summed E-state index contributed by atoms with van der Waals surface area (Å²) in [6.45, 7) is 8.22. The number of aromatic nitrogens is 2. The van der Waals surface area contributed by atoms with Crippen molar-refractivity contribution in [3.8, 4) is 0 Å². The first-order valence-electron chi connectivity index (χ1n) is 12.6. The Balaban J connectivity index is 1.54. The third-order valence-electron chi connectivity index (χ3n) is 6.74. The zero-order chi connectivity index (χ0) is 28.5. The summed E-state index contributed by atoms with van der Waals surface area (Å²) in [6.07, 6.45) is 3.09. The lowest BCUT2D eigenvalue weighted by Gasteiger charge is -2.29. The maximum atomic E-state index is 15.0. The molecule has 210 valence electrons. The average Bonchev–Trinajstić information content (AvgIpc) is 2.85. The molecule has 2 aromatic carbocycles. The Bertz CT molecular complexity index is 1470. The van der Waals surface area contributed by atoms with Crippen LogP contribution in [-0.2, 0) is 10.0 Å². The molecule has 1 aliphatic heterocycles. The molecule has 1 saturated heterocycles. The lowest BCUT2D eigenvalue weighted by Crippen LogP contribution is -2.33. The molecule has 1 aliphatic rings. The highest BCUT2D eigenvalue weighted by Gasteiger charge is 2.29. The quantitative estimate of drug-likeness (QED) is 0.292. The zero-order valence-electron chi connectivity index (χ0n) is 22.6. The minimum Gasteiger partial charge on any atom is -0.340 e. The molecular weight excluding hydrogens is 546 g/mol. The van der Waals surface area contributed by atoms with Gasteiger partial charge in [0.05, 0.1) is 21.1 Å². The van der Waals surface area contributed by atoms with E-state index in [1.54, 1.807) is 45.9 Å². The van der Waals surface area contributed by atoms with Crippen molar-refractivity contribution in [3.63, 3.8) is 0 Å². The second kappa shape index (κ2) is 11.2. The lowest BCUT2D eigenvalue weighted by molar-refractivity contribution is 0.253. The summed E-state index contributed by atoms with van der Waals surface area (Å²) in [7, 11) is -1.68. The molecule has 8 nitrogen and oxygen atoms in total. The summed E-state index contributed by atoms with van der Waals surface area (Å²) in [5.41, 5.74) is 1.72. The van der Waals surface area contributed by atoms with Crippen molar-refractivity contribution in [1.82, 2.24) is 14.9 Å². The van der Waals surface area contributed by atoms with Crippen LogP contribution in [0, 0.1) is 18.6 Å². The largest absolute Gasteiger partial charge is 0.340 e. The van der Waals surface area contributed by atoms with E-state index in [0.717, 1.165) is 32.0 Å². The average molecular weight is 579 g/mol. The highest BCUT2D eigenvalue weighted by molar-refractivity contribution is 7.94. The molecular formula is C27H33ClF2N6O2S. The highest BCUT2D eigenvalue weighted by Crippen LogP contribution is 2.34. The van der Waals surface area contributed by atoms with Crippen molar-refractivity contribution in [1.29, 1.82) is 0 Å².